The summed E-state index contributed by atoms with van der Waals surface area (Å²) in [5.41, 5.74) is 4.74. The number of alkyl halides is 3. The average molecular weight is 643 g/mol. The first-order valence-electron chi connectivity index (χ1n) is 14.9. The quantitative estimate of drug-likeness (QED) is 0.364. The Morgan fingerprint density at radius 2 is 1.84 bits per heavy atom. The lowest BCUT2D eigenvalue weighted by molar-refractivity contribution is -0.150. The van der Waals surface area contributed by atoms with Gasteiger partial charge in [-0.05, 0) is 108 Å². The van der Waals surface area contributed by atoms with Crippen LogP contribution in [0.3, 0.4) is 0 Å². The van der Waals surface area contributed by atoms with Gasteiger partial charge in [0.25, 0.3) is 5.91 Å². The van der Waals surface area contributed by atoms with E-state index in [1.807, 2.05) is 29.6 Å². The Kier molecular flexibility index (Phi) is 7.06. The highest BCUT2D eigenvalue weighted by atomic mass is 35.5. The molecule has 1 aliphatic heterocycles. The molecule has 1 saturated heterocycles. The number of fused-ring (bicyclic) bond motifs is 3. The Morgan fingerprint density at radius 1 is 1.09 bits per heavy atom. The van der Waals surface area contributed by atoms with Crippen LogP contribution < -0.4 is 16.0 Å². The Bertz CT molecular complexity index is 1710. The van der Waals surface area contributed by atoms with E-state index >= 15 is 0 Å². The molecule has 3 N–H and O–H groups in total. The van der Waals surface area contributed by atoms with Crippen LogP contribution in [0, 0.1) is 12.8 Å². The van der Waals surface area contributed by atoms with Crippen LogP contribution >= 0.6 is 11.6 Å². The molecular weight excluding hydrogens is 613 g/mol. The van der Waals surface area contributed by atoms with Crippen molar-refractivity contribution in [1.82, 2.24) is 25.8 Å². The molecule has 1 aromatic heterocycles. The number of nitrogens with one attached hydrogen (secondary N) is 3. The number of aryl methyl sites for hydroxylation is 1. The number of nitrogens with zero attached hydrogens (tertiary/aromatic N) is 3. The van der Waals surface area contributed by atoms with Crippen LogP contribution in [-0.2, 0) is 29.5 Å². The second-order valence-electron chi connectivity index (χ2n) is 12.6. The molecule has 4 aliphatic rings. The lowest BCUT2D eigenvalue weighted by Gasteiger charge is -2.36. The van der Waals surface area contributed by atoms with E-state index in [9.17, 15) is 27.6 Å². The molecule has 2 fully saturated rings. The molecule has 7 rings (SSSR count). The summed E-state index contributed by atoms with van der Waals surface area (Å²) in [6, 6.07) is 7.20. The van der Waals surface area contributed by atoms with Crippen LogP contribution in [0.4, 0.5) is 23.7 Å². The number of urea groups is 1. The number of carbonyl (C=O) groups is 3. The molecule has 1 spiro atoms. The maximum Gasteiger partial charge on any atom is 0.410 e. The molecule has 1 saturated carbocycles. The van der Waals surface area contributed by atoms with Crippen molar-refractivity contribution in [1.29, 1.82) is 0 Å². The zero-order valence-electron chi connectivity index (χ0n) is 24.2. The molecular formula is C31H30ClF3N6O4. The highest BCUT2D eigenvalue weighted by Crippen LogP contribution is 2.57. The average Bonchev–Trinajstić information content (AvgIpc) is 3.28. The summed E-state index contributed by atoms with van der Waals surface area (Å²) in [4.78, 5) is 40.8. The topological polar surface area (TPSA) is 129 Å². The van der Waals surface area contributed by atoms with Gasteiger partial charge in [-0.25, -0.2) is 9.42 Å². The molecule has 0 radical (unpaired) electrons. The lowest BCUT2D eigenvalue weighted by Crippen LogP contribution is -2.51. The second-order valence-corrected chi connectivity index (χ2v) is 13.1. The molecule has 2 heterocycles. The van der Waals surface area contributed by atoms with E-state index in [2.05, 4.69) is 20.9 Å². The number of carbonyl (C=O) groups excluding carboxylic acids is 3. The number of anilines is 1. The van der Waals surface area contributed by atoms with Crippen molar-refractivity contribution in [3.63, 3.8) is 0 Å². The number of halogens is 4. The first kappa shape index (κ1) is 29.6. The molecule has 4 amide bonds. The third-order valence-electron chi connectivity index (χ3n) is 9.70. The Balaban J connectivity index is 1.11. The molecule has 236 valence electrons. The fourth-order valence-corrected chi connectivity index (χ4v) is 7.43. The zero-order chi connectivity index (χ0) is 31.7. The minimum atomic E-state index is -4.52. The van der Waals surface area contributed by atoms with E-state index in [4.69, 9.17) is 16.2 Å². The van der Waals surface area contributed by atoms with Crippen molar-refractivity contribution >= 4 is 35.1 Å². The first-order valence-corrected chi connectivity index (χ1v) is 15.2. The molecule has 3 aliphatic carbocycles. The van der Waals surface area contributed by atoms with Gasteiger partial charge in [0.05, 0.1) is 6.54 Å². The van der Waals surface area contributed by atoms with E-state index in [-0.39, 0.29) is 17.0 Å². The van der Waals surface area contributed by atoms with Gasteiger partial charge in [0.2, 0.25) is 5.91 Å². The monoisotopic (exact) mass is 642 g/mol. The van der Waals surface area contributed by atoms with Crippen LogP contribution in [-0.4, -0.2) is 63.9 Å². The Labute approximate surface area is 261 Å². The second kappa shape index (κ2) is 10.7. The van der Waals surface area contributed by atoms with E-state index in [0.717, 1.165) is 29.5 Å². The molecule has 4 atom stereocenters. The van der Waals surface area contributed by atoms with Gasteiger partial charge >= 0.3 is 12.2 Å². The SMILES string of the molecule is Cc1nonc1C(=O)NC(C(=O)Nc1ccc2c(c1)CC(N1C[C@@H](C(F)(F)F)NC1=O)C2)C1Cc2ccc(Cl)cc2C2(CC2)C1. The van der Waals surface area contributed by atoms with Gasteiger partial charge in [0, 0.05) is 16.8 Å². The first-order chi connectivity index (χ1) is 21.4. The van der Waals surface area contributed by atoms with Crippen LogP contribution in [0.1, 0.15) is 57.7 Å². The minimum Gasteiger partial charge on any atom is -0.338 e. The number of rotatable bonds is 6. The number of hydrogen-bond donors (Lipinski definition) is 3. The van der Waals surface area contributed by atoms with Crippen LogP contribution in [0.5, 0.6) is 0 Å². The van der Waals surface area contributed by atoms with Crippen molar-refractivity contribution < 1.29 is 32.2 Å². The molecule has 3 aromatic rings. The number of benzene rings is 2. The highest BCUT2D eigenvalue weighted by molar-refractivity contribution is 6.30. The summed E-state index contributed by atoms with van der Waals surface area (Å²) in [6.45, 7) is 1.15. The largest absolute Gasteiger partial charge is 0.410 e. The standard InChI is InChI=1S/C31H30ClF3N6O4/c1-15-25(40-45-39-15)27(42)38-26(19-8-17-2-4-20(32)12-23(17)30(13-19)6-7-30)28(43)36-21-5-3-16-10-22(11-18(16)9-21)41-14-24(31(33,34)35)37-29(41)44/h2-5,9,12,19,22,24,26H,6-8,10-11,13-14H2,1H3,(H,36,43)(H,37,44)(H,38,42)/t19?,22?,24-,26?/m0/s1. The fourth-order valence-electron chi connectivity index (χ4n) is 7.26. The zero-order valence-corrected chi connectivity index (χ0v) is 25.0. The van der Waals surface area contributed by atoms with Gasteiger partial charge < -0.3 is 20.9 Å². The smallest absolute Gasteiger partial charge is 0.338 e. The minimum absolute atomic E-state index is 0.000731. The van der Waals surface area contributed by atoms with E-state index in [1.165, 1.54) is 10.5 Å². The van der Waals surface area contributed by atoms with E-state index in [1.54, 1.807) is 19.1 Å². The predicted molar refractivity (Wildman–Crippen MR) is 156 cm³/mol. The summed E-state index contributed by atoms with van der Waals surface area (Å²) in [6.07, 6.45) is -0.553. The van der Waals surface area contributed by atoms with Crippen molar-refractivity contribution in [3.05, 3.63) is 75.1 Å². The molecule has 45 heavy (non-hydrogen) atoms. The molecule has 2 aromatic carbocycles. The predicted octanol–water partition coefficient (Wildman–Crippen LogP) is 4.49. The fraction of sp³-hybridized carbons (Fsp3) is 0.452. The van der Waals surface area contributed by atoms with Crippen LogP contribution in [0.2, 0.25) is 5.02 Å². The van der Waals surface area contributed by atoms with Gasteiger partial charge in [-0.1, -0.05) is 28.9 Å². The van der Waals surface area contributed by atoms with Gasteiger partial charge in [0.1, 0.15) is 17.8 Å². The maximum atomic E-state index is 14.0. The summed E-state index contributed by atoms with van der Waals surface area (Å²) >= 11 is 6.32. The maximum absolute atomic E-state index is 14.0. The summed E-state index contributed by atoms with van der Waals surface area (Å²) in [7, 11) is 0. The number of aromatic nitrogens is 2. The summed E-state index contributed by atoms with van der Waals surface area (Å²) < 4.78 is 44.4. The lowest BCUT2D eigenvalue weighted by atomic mass is 9.71. The van der Waals surface area contributed by atoms with E-state index in [0.29, 0.717) is 42.1 Å². The summed E-state index contributed by atoms with van der Waals surface area (Å²) in [5, 5.41) is 15.9. The van der Waals surface area contributed by atoms with E-state index < -0.39 is 48.7 Å². The van der Waals surface area contributed by atoms with Crippen LogP contribution in [0.15, 0.2) is 41.0 Å². The highest BCUT2D eigenvalue weighted by Gasteiger charge is 2.52. The van der Waals surface area contributed by atoms with Crippen molar-refractivity contribution in [2.45, 2.75) is 75.2 Å². The van der Waals surface area contributed by atoms with Crippen molar-refractivity contribution in [3.8, 4) is 0 Å². The number of amides is 4. The van der Waals surface area contributed by atoms with Gasteiger partial charge in [0.15, 0.2) is 5.69 Å². The Morgan fingerprint density at radius 3 is 2.53 bits per heavy atom. The molecule has 0 bridgehead atoms. The molecule has 14 heteroatoms. The van der Waals surface area contributed by atoms with Crippen molar-refractivity contribution in [2.24, 2.45) is 5.92 Å². The van der Waals surface area contributed by atoms with Gasteiger partial charge in [-0.2, -0.15) is 13.2 Å². The van der Waals surface area contributed by atoms with Gasteiger partial charge in [-0.3, -0.25) is 9.59 Å². The third-order valence-corrected chi connectivity index (χ3v) is 9.93. The third kappa shape index (κ3) is 5.51. The molecule has 3 unspecified atom stereocenters. The summed E-state index contributed by atoms with van der Waals surface area (Å²) in [5.74, 6) is -1.20. The van der Waals surface area contributed by atoms with Crippen molar-refractivity contribution in [2.75, 3.05) is 11.9 Å². The van der Waals surface area contributed by atoms with Gasteiger partial charge in [-0.15, -0.1) is 0 Å². The Hall–Kier alpha value is -4.13. The molecule has 10 nitrogen and oxygen atoms in total. The number of hydrogen-bond acceptors (Lipinski definition) is 6. The normalized spacial score (nSPS) is 23.7. The van der Waals surface area contributed by atoms with Crippen LogP contribution in [0.25, 0.3) is 0 Å².